The number of rotatable bonds is 7. The maximum atomic E-state index is 5.94. The molecule has 0 aliphatic carbocycles. The van der Waals surface area contributed by atoms with Gasteiger partial charge in [0, 0.05) is 44.1 Å². The van der Waals surface area contributed by atoms with Gasteiger partial charge in [0.1, 0.15) is 17.9 Å². The summed E-state index contributed by atoms with van der Waals surface area (Å²) in [5.41, 5.74) is 7.99. The second-order valence-corrected chi connectivity index (χ2v) is 9.34. The van der Waals surface area contributed by atoms with Crippen molar-refractivity contribution in [2.24, 2.45) is 4.90 Å². The fraction of sp³-hybridized carbons (Fsp3) is 0.385. The topological polar surface area (TPSA) is 78.8 Å². The van der Waals surface area contributed by atoms with Crippen molar-refractivity contribution in [1.82, 2.24) is 25.0 Å². The monoisotopic (exact) mass is 468 g/mol. The molecule has 179 valence electrons. The third kappa shape index (κ3) is 5.36. The quantitative estimate of drug-likeness (QED) is 0.532. The van der Waals surface area contributed by atoms with Crippen molar-refractivity contribution in [3.63, 3.8) is 0 Å². The van der Waals surface area contributed by atoms with Crippen molar-refractivity contribution < 1.29 is 4.74 Å². The van der Waals surface area contributed by atoms with Crippen LogP contribution in [0.1, 0.15) is 25.0 Å². The Morgan fingerprint density at radius 2 is 1.77 bits per heavy atom. The van der Waals surface area contributed by atoms with Gasteiger partial charge in [0.2, 0.25) is 5.95 Å². The summed E-state index contributed by atoms with van der Waals surface area (Å²) in [7, 11) is 4.08. The van der Waals surface area contributed by atoms with Gasteiger partial charge >= 0.3 is 7.41 Å². The first-order chi connectivity index (χ1) is 17.0. The number of nitrogens with zero attached hydrogens (tertiary/aromatic N) is 6. The average Bonchev–Trinajstić information content (AvgIpc) is 3.19. The smallest absolute Gasteiger partial charge is 0.308 e. The lowest BCUT2D eigenvalue weighted by molar-refractivity contribution is 0.134. The maximum absolute atomic E-state index is 5.94. The molecule has 1 aromatic heterocycles. The lowest BCUT2D eigenvalue weighted by Crippen LogP contribution is -2.45. The Labute approximate surface area is 207 Å². The molecule has 9 heteroatoms. The van der Waals surface area contributed by atoms with Gasteiger partial charge < -0.3 is 19.9 Å². The van der Waals surface area contributed by atoms with Crippen molar-refractivity contribution in [1.29, 1.82) is 0 Å². The van der Waals surface area contributed by atoms with Crippen molar-refractivity contribution in [3.05, 3.63) is 53.0 Å². The van der Waals surface area contributed by atoms with Gasteiger partial charge in [0.15, 0.2) is 0 Å². The summed E-state index contributed by atoms with van der Waals surface area (Å²) in [5, 5.41) is 12.0. The zero-order valence-electron chi connectivity index (χ0n) is 20.9. The highest BCUT2D eigenvalue weighted by Gasteiger charge is 2.18. The van der Waals surface area contributed by atoms with Gasteiger partial charge in [-0.3, -0.25) is 4.90 Å². The Balaban J connectivity index is 1.22. The lowest BCUT2D eigenvalue weighted by atomic mass is 9.82. The zero-order valence-corrected chi connectivity index (χ0v) is 20.9. The van der Waals surface area contributed by atoms with E-state index in [0.717, 1.165) is 83.1 Å². The molecular weight excluding hydrogens is 437 g/mol. The van der Waals surface area contributed by atoms with Crippen LogP contribution >= 0.6 is 0 Å². The van der Waals surface area contributed by atoms with E-state index in [-0.39, 0.29) is 0 Å². The van der Waals surface area contributed by atoms with Crippen LogP contribution < -0.4 is 10.1 Å². The number of allylic oxidation sites excluding steroid dienone is 2. The molecule has 0 saturated carbocycles. The Kier molecular flexibility index (Phi) is 6.79. The molecular formula is C26H31BN7O. The molecule has 2 aliphatic rings. The fourth-order valence-electron chi connectivity index (χ4n) is 4.58. The van der Waals surface area contributed by atoms with E-state index >= 15 is 0 Å². The second kappa shape index (κ2) is 10.1. The van der Waals surface area contributed by atoms with E-state index in [4.69, 9.17) is 9.72 Å². The highest BCUT2D eigenvalue weighted by molar-refractivity contribution is 6.57. The molecule has 5 rings (SSSR count). The minimum atomic E-state index is 0.472. The number of fused-ring (bicyclic) bond motifs is 1. The number of hydrogen-bond acceptors (Lipinski definition) is 8. The Morgan fingerprint density at radius 1 is 1.00 bits per heavy atom. The Bertz CT molecular complexity index is 1280. The summed E-state index contributed by atoms with van der Waals surface area (Å²) in [6, 6.07) is 12.1. The first kappa shape index (κ1) is 23.4. The van der Waals surface area contributed by atoms with Gasteiger partial charge in [-0.05, 0) is 80.9 Å². The number of anilines is 2. The summed E-state index contributed by atoms with van der Waals surface area (Å²) in [6.45, 7) is 12.3. The molecule has 2 aromatic carbocycles. The van der Waals surface area contributed by atoms with Crippen LogP contribution in [0.25, 0.3) is 16.6 Å². The highest BCUT2D eigenvalue weighted by atomic mass is 16.5. The fourth-order valence-corrected chi connectivity index (χ4v) is 4.58. The number of ether oxygens (including phenoxy) is 1. The van der Waals surface area contributed by atoms with Gasteiger partial charge in [-0.25, -0.2) is 4.98 Å². The van der Waals surface area contributed by atoms with E-state index in [2.05, 4.69) is 57.2 Å². The molecule has 0 atom stereocenters. The standard InChI is InChI=1S/C26H31BN7O/c1-17-15-20(24-18(2)27-30-19(24)3)16-23-25(17)29-26(32-31-23)28-21-5-7-22(8-6-21)35-14-13-34-11-9-33(4)10-12-34/h5-8,15-16H,9-14H2,1-4H3,(H,28,29,32). The highest BCUT2D eigenvalue weighted by Crippen LogP contribution is 2.29. The SMILES string of the molecule is CC1=N[B]C(C)=C1c1cc(C)c2nc(Nc3ccc(OCCN4CCN(C)CC4)cc3)nnc2c1. The molecule has 2 aliphatic heterocycles. The number of piperazine rings is 1. The minimum absolute atomic E-state index is 0.472. The summed E-state index contributed by atoms with van der Waals surface area (Å²) < 4.78 is 5.94. The van der Waals surface area contributed by atoms with Crippen LogP contribution in [0, 0.1) is 6.92 Å². The molecule has 35 heavy (non-hydrogen) atoms. The predicted octanol–water partition coefficient (Wildman–Crippen LogP) is 3.53. The summed E-state index contributed by atoms with van der Waals surface area (Å²) in [6.07, 6.45) is 0. The number of nitrogens with one attached hydrogen (secondary N) is 1. The zero-order chi connectivity index (χ0) is 24.4. The van der Waals surface area contributed by atoms with E-state index in [9.17, 15) is 0 Å². The van der Waals surface area contributed by atoms with Gasteiger partial charge in [0.05, 0.1) is 5.52 Å². The van der Waals surface area contributed by atoms with Crippen molar-refractivity contribution in [2.45, 2.75) is 20.8 Å². The van der Waals surface area contributed by atoms with Gasteiger partial charge in [0.25, 0.3) is 0 Å². The molecule has 3 heterocycles. The van der Waals surface area contributed by atoms with Crippen LogP contribution in [0.3, 0.4) is 0 Å². The van der Waals surface area contributed by atoms with Crippen LogP contribution in [0.4, 0.5) is 11.6 Å². The Hall–Kier alpha value is -3.30. The molecule has 8 nitrogen and oxygen atoms in total. The van der Waals surface area contributed by atoms with E-state index in [1.54, 1.807) is 0 Å². The lowest BCUT2D eigenvalue weighted by Gasteiger charge is -2.32. The molecule has 3 aromatic rings. The second-order valence-electron chi connectivity index (χ2n) is 9.34. The number of aromatic nitrogens is 3. The van der Waals surface area contributed by atoms with Gasteiger partial charge in [-0.15, -0.1) is 10.2 Å². The largest absolute Gasteiger partial charge is 0.492 e. The van der Waals surface area contributed by atoms with E-state index in [0.29, 0.717) is 12.6 Å². The molecule has 1 fully saturated rings. The molecule has 1 saturated heterocycles. The molecule has 1 N–H and O–H groups in total. The number of hydrogen-bond donors (Lipinski definition) is 1. The summed E-state index contributed by atoms with van der Waals surface area (Å²) >= 11 is 0. The summed E-state index contributed by atoms with van der Waals surface area (Å²) in [4.78, 5) is 14.0. The first-order valence-electron chi connectivity index (χ1n) is 12.1. The third-order valence-electron chi connectivity index (χ3n) is 6.63. The normalized spacial score (nSPS) is 17.0. The molecule has 0 bridgehead atoms. The molecule has 0 amide bonds. The van der Waals surface area contributed by atoms with Gasteiger partial charge in [-0.2, -0.15) is 0 Å². The number of aryl methyl sites for hydroxylation is 1. The summed E-state index contributed by atoms with van der Waals surface area (Å²) in [5.74, 6) is 1.33. The number of likely N-dealkylation sites (N-methyl/N-ethyl adjacent to an activating group) is 1. The molecule has 0 unspecified atom stereocenters. The van der Waals surface area contributed by atoms with Crippen LogP contribution in [-0.4, -0.2) is 84.5 Å². The first-order valence-corrected chi connectivity index (χ1v) is 12.1. The Morgan fingerprint density at radius 3 is 2.49 bits per heavy atom. The van der Waals surface area contributed by atoms with Crippen molar-refractivity contribution >= 4 is 41.4 Å². The van der Waals surface area contributed by atoms with E-state index in [1.807, 2.05) is 44.7 Å². The minimum Gasteiger partial charge on any atom is -0.492 e. The van der Waals surface area contributed by atoms with E-state index in [1.165, 1.54) is 0 Å². The third-order valence-corrected chi connectivity index (χ3v) is 6.63. The molecule has 0 spiro atoms. The average molecular weight is 468 g/mol. The maximum Gasteiger partial charge on any atom is 0.308 e. The van der Waals surface area contributed by atoms with Crippen LogP contribution in [0.2, 0.25) is 0 Å². The number of benzene rings is 2. The van der Waals surface area contributed by atoms with E-state index < -0.39 is 0 Å². The van der Waals surface area contributed by atoms with Crippen molar-refractivity contribution in [2.75, 3.05) is 51.7 Å². The van der Waals surface area contributed by atoms with Crippen LogP contribution in [0.15, 0.2) is 46.8 Å². The predicted molar refractivity (Wildman–Crippen MR) is 143 cm³/mol. The van der Waals surface area contributed by atoms with Gasteiger partial charge in [-0.1, -0.05) is 5.47 Å². The van der Waals surface area contributed by atoms with Crippen molar-refractivity contribution in [3.8, 4) is 5.75 Å². The van der Waals surface area contributed by atoms with Crippen LogP contribution in [0.5, 0.6) is 5.75 Å². The van der Waals surface area contributed by atoms with Crippen LogP contribution in [-0.2, 0) is 0 Å². The molecule has 1 radical (unpaired) electrons.